The average Bonchev–Trinajstić information content (AvgIpc) is 2.05. The Morgan fingerprint density at radius 3 is 2.36 bits per heavy atom. The molecule has 11 heavy (non-hydrogen) atoms. The van der Waals surface area contributed by atoms with Gasteiger partial charge in [0.1, 0.15) is 6.29 Å². The molecule has 54 valence electrons. The van der Waals surface area contributed by atoms with E-state index in [4.69, 9.17) is 0 Å². The van der Waals surface area contributed by atoms with E-state index < -0.39 is 0 Å². The number of carbonyl (C=O) groups is 1. The molecule has 0 N–H and O–H groups in total. The van der Waals surface area contributed by atoms with Crippen molar-refractivity contribution in [2.75, 3.05) is 0 Å². The number of carbonyl (C=O) groups excluding carboxylic acids is 1. The first-order valence-corrected chi connectivity index (χ1v) is 3.54. The molecule has 0 saturated heterocycles. The molecule has 0 aliphatic rings. The summed E-state index contributed by atoms with van der Waals surface area (Å²) >= 11 is 4.05. The van der Waals surface area contributed by atoms with Gasteiger partial charge in [-0.2, -0.15) is 12.6 Å². The first kappa shape index (κ1) is 11.2. The van der Waals surface area contributed by atoms with Gasteiger partial charge in [-0.05, 0) is 5.56 Å². The molecule has 0 radical (unpaired) electrons. The van der Waals surface area contributed by atoms with Crippen molar-refractivity contribution >= 4 is 18.9 Å². The molecule has 1 nitrogen and oxygen atoms in total. The Morgan fingerprint density at radius 1 is 1.36 bits per heavy atom. The van der Waals surface area contributed by atoms with Crippen LogP contribution in [0, 0.1) is 0 Å². The SMILES string of the molecule is O=CC(S)c1ccccc1.[H-].[Na+]. The smallest absolute Gasteiger partial charge is 1.00 e. The Bertz CT molecular complexity index is 218. The summed E-state index contributed by atoms with van der Waals surface area (Å²) in [6.45, 7) is 0. The minimum absolute atomic E-state index is 0. The molecule has 0 fully saturated rings. The van der Waals surface area contributed by atoms with Crippen LogP contribution in [0.3, 0.4) is 0 Å². The fourth-order valence-corrected chi connectivity index (χ4v) is 0.901. The topological polar surface area (TPSA) is 17.1 Å². The van der Waals surface area contributed by atoms with Crippen molar-refractivity contribution in [1.82, 2.24) is 0 Å². The van der Waals surface area contributed by atoms with Gasteiger partial charge in [-0.1, -0.05) is 30.3 Å². The Labute approximate surface area is 95.4 Å². The molecule has 0 saturated carbocycles. The second-order valence-electron chi connectivity index (χ2n) is 1.99. The van der Waals surface area contributed by atoms with Gasteiger partial charge in [-0.25, -0.2) is 0 Å². The van der Waals surface area contributed by atoms with E-state index in [9.17, 15) is 4.79 Å². The van der Waals surface area contributed by atoms with Gasteiger partial charge in [0.2, 0.25) is 0 Å². The zero-order valence-electron chi connectivity index (χ0n) is 7.40. The van der Waals surface area contributed by atoms with E-state index in [-0.39, 0.29) is 36.2 Å². The number of hydrogen-bond acceptors (Lipinski definition) is 2. The van der Waals surface area contributed by atoms with Gasteiger partial charge < -0.3 is 6.22 Å². The summed E-state index contributed by atoms with van der Waals surface area (Å²) in [5, 5.41) is -0.277. The number of rotatable bonds is 2. The van der Waals surface area contributed by atoms with Crippen LogP contribution in [0.15, 0.2) is 30.3 Å². The Hall–Kier alpha value is 0.240. The van der Waals surface area contributed by atoms with Gasteiger partial charge in [0.05, 0.1) is 5.25 Å². The van der Waals surface area contributed by atoms with Crippen molar-refractivity contribution in [3.05, 3.63) is 35.9 Å². The van der Waals surface area contributed by atoms with Crippen LogP contribution in [0.2, 0.25) is 0 Å². The van der Waals surface area contributed by atoms with Gasteiger partial charge in [0.25, 0.3) is 0 Å². The number of thiol groups is 1. The van der Waals surface area contributed by atoms with E-state index in [1.807, 2.05) is 30.3 Å². The molecular formula is C8H9NaOS. The number of aldehydes is 1. The summed E-state index contributed by atoms with van der Waals surface area (Å²) in [7, 11) is 0. The van der Waals surface area contributed by atoms with Crippen LogP contribution in [0.25, 0.3) is 0 Å². The van der Waals surface area contributed by atoms with Crippen molar-refractivity contribution in [1.29, 1.82) is 0 Å². The predicted octanol–water partition coefficient (Wildman–Crippen LogP) is -1.03. The maximum absolute atomic E-state index is 10.2. The fourth-order valence-electron chi connectivity index (χ4n) is 0.729. The third-order valence-electron chi connectivity index (χ3n) is 1.27. The third-order valence-corrected chi connectivity index (χ3v) is 1.69. The molecule has 1 unspecified atom stereocenters. The Balaban J connectivity index is 0. The normalized spacial score (nSPS) is 11.4. The van der Waals surface area contributed by atoms with Crippen LogP contribution in [0.1, 0.15) is 12.2 Å². The van der Waals surface area contributed by atoms with E-state index in [1.165, 1.54) is 0 Å². The first-order chi connectivity index (χ1) is 4.84. The van der Waals surface area contributed by atoms with Crippen LogP contribution >= 0.6 is 12.6 Å². The van der Waals surface area contributed by atoms with Crippen molar-refractivity contribution in [3.63, 3.8) is 0 Å². The van der Waals surface area contributed by atoms with Crippen LogP contribution in [0.4, 0.5) is 0 Å². The predicted molar refractivity (Wildman–Crippen MR) is 45.3 cm³/mol. The van der Waals surface area contributed by atoms with Crippen molar-refractivity contribution < 1.29 is 35.8 Å². The molecule has 0 heterocycles. The van der Waals surface area contributed by atoms with E-state index in [0.29, 0.717) is 0 Å². The Kier molecular flexibility index (Phi) is 5.96. The molecule has 0 aromatic heterocycles. The summed E-state index contributed by atoms with van der Waals surface area (Å²) < 4.78 is 0. The van der Waals surface area contributed by atoms with Gasteiger partial charge in [0, 0.05) is 0 Å². The number of benzene rings is 1. The van der Waals surface area contributed by atoms with Crippen LogP contribution in [0.5, 0.6) is 0 Å². The van der Waals surface area contributed by atoms with Gasteiger partial charge >= 0.3 is 29.6 Å². The largest absolute Gasteiger partial charge is 1.00 e. The molecule has 0 spiro atoms. The molecule has 1 rings (SSSR count). The molecule has 1 aromatic rings. The van der Waals surface area contributed by atoms with Crippen molar-refractivity contribution in [3.8, 4) is 0 Å². The third kappa shape index (κ3) is 3.43. The molecule has 3 heteroatoms. The average molecular weight is 176 g/mol. The van der Waals surface area contributed by atoms with E-state index >= 15 is 0 Å². The summed E-state index contributed by atoms with van der Waals surface area (Å²) in [5.74, 6) is 0. The summed E-state index contributed by atoms with van der Waals surface area (Å²) in [6.07, 6.45) is 0.818. The molecule has 0 aliphatic carbocycles. The summed E-state index contributed by atoms with van der Waals surface area (Å²) in [4.78, 5) is 10.2. The number of hydrogen-bond donors (Lipinski definition) is 1. The van der Waals surface area contributed by atoms with E-state index in [1.54, 1.807) is 0 Å². The maximum atomic E-state index is 10.2. The Morgan fingerprint density at radius 2 is 1.91 bits per heavy atom. The van der Waals surface area contributed by atoms with Crippen LogP contribution in [-0.4, -0.2) is 6.29 Å². The minimum Gasteiger partial charge on any atom is -1.00 e. The molecule has 0 aliphatic heterocycles. The van der Waals surface area contributed by atoms with Crippen molar-refractivity contribution in [2.24, 2.45) is 0 Å². The van der Waals surface area contributed by atoms with Gasteiger partial charge in [0.15, 0.2) is 0 Å². The monoisotopic (exact) mass is 176 g/mol. The second kappa shape index (κ2) is 5.84. The van der Waals surface area contributed by atoms with E-state index in [2.05, 4.69) is 12.6 Å². The zero-order chi connectivity index (χ0) is 7.40. The van der Waals surface area contributed by atoms with Crippen molar-refractivity contribution in [2.45, 2.75) is 5.25 Å². The molecule has 1 atom stereocenters. The van der Waals surface area contributed by atoms with Gasteiger partial charge in [-0.15, -0.1) is 0 Å². The summed E-state index contributed by atoms with van der Waals surface area (Å²) in [6, 6.07) is 9.46. The molecular weight excluding hydrogens is 167 g/mol. The van der Waals surface area contributed by atoms with E-state index in [0.717, 1.165) is 11.8 Å². The van der Waals surface area contributed by atoms with Gasteiger partial charge in [-0.3, -0.25) is 0 Å². The fraction of sp³-hybridized carbons (Fsp3) is 0.125. The second-order valence-corrected chi connectivity index (χ2v) is 2.55. The van der Waals surface area contributed by atoms with Crippen LogP contribution in [-0.2, 0) is 4.79 Å². The molecule has 0 amide bonds. The summed E-state index contributed by atoms with van der Waals surface area (Å²) in [5.41, 5.74) is 0.945. The zero-order valence-corrected chi connectivity index (χ0v) is 9.29. The first-order valence-electron chi connectivity index (χ1n) is 3.03. The maximum Gasteiger partial charge on any atom is 1.00 e. The van der Waals surface area contributed by atoms with Crippen LogP contribution < -0.4 is 29.6 Å². The standard InChI is InChI=1S/C8H8OS.Na.H/c9-6-8(10)7-4-2-1-3-5-7;;/h1-6,8,10H;;/q;+1;-1. The quantitative estimate of drug-likeness (QED) is 0.346. The minimum atomic E-state index is -0.277. The molecule has 1 aromatic carbocycles. The molecule has 0 bridgehead atoms.